The third-order valence-corrected chi connectivity index (χ3v) is 4.34. The van der Waals surface area contributed by atoms with Crippen molar-refractivity contribution in [3.8, 4) is 0 Å². The molecule has 6 heteroatoms. The van der Waals surface area contributed by atoms with Crippen molar-refractivity contribution < 1.29 is 9.53 Å². The zero-order valence-corrected chi connectivity index (χ0v) is 12.4. The van der Waals surface area contributed by atoms with Crippen LogP contribution in [-0.2, 0) is 17.8 Å². The van der Waals surface area contributed by atoms with Gasteiger partial charge in [0.2, 0.25) is 0 Å². The van der Waals surface area contributed by atoms with E-state index in [1.54, 1.807) is 12.1 Å². The molecule has 0 radical (unpaired) electrons. The number of hydrogen-bond acceptors (Lipinski definition) is 4. The highest BCUT2D eigenvalue weighted by atomic mass is 79.9. The second kappa shape index (κ2) is 5.40. The van der Waals surface area contributed by atoms with Crippen molar-refractivity contribution in [2.24, 2.45) is 0 Å². The van der Waals surface area contributed by atoms with Crippen molar-refractivity contribution in [2.75, 3.05) is 11.9 Å². The molecule has 0 fully saturated rings. The fourth-order valence-corrected chi connectivity index (χ4v) is 3.05. The molecule has 1 aromatic carbocycles. The highest BCUT2D eigenvalue weighted by molar-refractivity contribution is 9.10. The summed E-state index contributed by atoms with van der Waals surface area (Å²) in [6, 6.07) is 7.23. The second-order valence-corrected chi connectivity index (χ2v) is 6.15. The first-order valence-electron chi connectivity index (χ1n) is 5.85. The second-order valence-electron chi connectivity index (χ2n) is 4.15. The van der Waals surface area contributed by atoms with Crippen molar-refractivity contribution in [3.05, 3.63) is 44.9 Å². The van der Waals surface area contributed by atoms with Crippen LogP contribution in [0.3, 0.4) is 0 Å². The number of amides is 1. The standard InChI is InChI=1S/C13H11BrN2O2S/c14-9-3-1-8(2-4-9)12(17)16-13-15-10-5-6-18-7-11(10)19-13/h1-4H,5-7H2,(H,15,16,17). The molecule has 1 N–H and O–H groups in total. The van der Waals surface area contributed by atoms with Gasteiger partial charge in [0.15, 0.2) is 5.13 Å². The molecule has 2 heterocycles. The number of nitrogens with zero attached hydrogens (tertiary/aromatic N) is 1. The minimum atomic E-state index is -0.139. The van der Waals surface area contributed by atoms with Crippen LogP contribution in [0.15, 0.2) is 28.7 Å². The first-order chi connectivity index (χ1) is 9.22. The van der Waals surface area contributed by atoms with Crippen LogP contribution in [0.1, 0.15) is 20.9 Å². The molecule has 0 spiro atoms. The summed E-state index contributed by atoms with van der Waals surface area (Å²) in [5, 5.41) is 3.47. The molecule has 4 nitrogen and oxygen atoms in total. The van der Waals surface area contributed by atoms with E-state index in [0.29, 0.717) is 23.9 Å². The van der Waals surface area contributed by atoms with E-state index < -0.39 is 0 Å². The maximum Gasteiger partial charge on any atom is 0.257 e. The van der Waals surface area contributed by atoms with Crippen molar-refractivity contribution in [3.63, 3.8) is 0 Å². The zero-order chi connectivity index (χ0) is 13.2. The molecule has 98 valence electrons. The number of halogens is 1. The van der Waals surface area contributed by atoms with Gasteiger partial charge in [0.05, 0.1) is 23.8 Å². The SMILES string of the molecule is O=C(Nc1nc2c(s1)COCC2)c1ccc(Br)cc1. The fraction of sp³-hybridized carbons (Fsp3) is 0.231. The van der Waals surface area contributed by atoms with Gasteiger partial charge in [-0.3, -0.25) is 10.1 Å². The average Bonchev–Trinajstić information content (AvgIpc) is 2.81. The summed E-state index contributed by atoms with van der Waals surface area (Å²) >= 11 is 4.83. The molecule has 0 bridgehead atoms. The molecule has 1 amide bonds. The topological polar surface area (TPSA) is 51.2 Å². The number of aromatic nitrogens is 1. The third-order valence-electron chi connectivity index (χ3n) is 2.82. The van der Waals surface area contributed by atoms with Crippen LogP contribution in [0.25, 0.3) is 0 Å². The molecule has 0 saturated carbocycles. The Labute approximate surface area is 122 Å². The molecular formula is C13H11BrN2O2S. The molecule has 0 unspecified atom stereocenters. The summed E-state index contributed by atoms with van der Waals surface area (Å²) < 4.78 is 6.31. The quantitative estimate of drug-likeness (QED) is 0.914. The summed E-state index contributed by atoms with van der Waals surface area (Å²) in [7, 11) is 0. The van der Waals surface area contributed by atoms with Gasteiger partial charge in [-0.25, -0.2) is 4.98 Å². The van der Waals surface area contributed by atoms with Crippen LogP contribution in [-0.4, -0.2) is 17.5 Å². The van der Waals surface area contributed by atoms with E-state index in [-0.39, 0.29) is 5.91 Å². The van der Waals surface area contributed by atoms with E-state index in [4.69, 9.17) is 4.74 Å². The predicted octanol–water partition coefficient (Wildman–Crippen LogP) is 3.23. The van der Waals surface area contributed by atoms with Gasteiger partial charge < -0.3 is 4.74 Å². The highest BCUT2D eigenvalue weighted by Crippen LogP contribution is 2.27. The Bertz CT molecular complexity index is 586. The number of ether oxygens (including phenoxy) is 1. The Balaban J connectivity index is 1.75. The summed E-state index contributed by atoms with van der Waals surface area (Å²) in [5.41, 5.74) is 1.66. The van der Waals surface area contributed by atoms with Crippen LogP contribution in [0.5, 0.6) is 0 Å². The lowest BCUT2D eigenvalue weighted by Crippen LogP contribution is -2.11. The van der Waals surface area contributed by atoms with Crippen LogP contribution < -0.4 is 5.32 Å². The molecule has 1 aromatic heterocycles. The van der Waals surface area contributed by atoms with Crippen molar-refractivity contribution >= 4 is 38.3 Å². The smallest absolute Gasteiger partial charge is 0.257 e. The molecule has 0 atom stereocenters. The number of nitrogens with one attached hydrogen (secondary N) is 1. The number of thiazole rings is 1. The van der Waals surface area contributed by atoms with Gasteiger partial charge in [-0.1, -0.05) is 27.3 Å². The molecule has 1 aliphatic heterocycles. The number of benzene rings is 1. The minimum absolute atomic E-state index is 0.139. The maximum absolute atomic E-state index is 12.0. The van der Waals surface area contributed by atoms with Crippen LogP contribution >= 0.6 is 27.3 Å². The number of anilines is 1. The Hall–Kier alpha value is -1.24. The zero-order valence-electron chi connectivity index (χ0n) is 9.98. The molecule has 0 aliphatic carbocycles. The Morgan fingerprint density at radius 3 is 2.89 bits per heavy atom. The summed E-state index contributed by atoms with van der Waals surface area (Å²) in [4.78, 5) is 17.6. The Morgan fingerprint density at radius 1 is 1.37 bits per heavy atom. The van der Waals surface area contributed by atoms with E-state index in [0.717, 1.165) is 21.5 Å². The van der Waals surface area contributed by atoms with E-state index in [2.05, 4.69) is 26.2 Å². The van der Waals surface area contributed by atoms with Crippen molar-refractivity contribution in [1.82, 2.24) is 4.98 Å². The van der Waals surface area contributed by atoms with E-state index in [9.17, 15) is 4.79 Å². The summed E-state index contributed by atoms with van der Waals surface area (Å²) in [5.74, 6) is -0.139. The van der Waals surface area contributed by atoms with Crippen LogP contribution in [0.2, 0.25) is 0 Å². The maximum atomic E-state index is 12.0. The number of carbonyl (C=O) groups is 1. The molecule has 3 rings (SSSR count). The van der Waals surface area contributed by atoms with Gasteiger partial charge in [0, 0.05) is 16.5 Å². The fourth-order valence-electron chi connectivity index (χ4n) is 1.85. The molecule has 0 saturated heterocycles. The average molecular weight is 339 g/mol. The predicted molar refractivity (Wildman–Crippen MR) is 77.6 cm³/mol. The first kappa shape index (κ1) is 12.8. The van der Waals surface area contributed by atoms with Gasteiger partial charge in [-0.15, -0.1) is 0 Å². The van der Waals surface area contributed by atoms with E-state index in [1.165, 1.54) is 11.3 Å². The molecule has 19 heavy (non-hydrogen) atoms. The number of hydrogen-bond donors (Lipinski definition) is 1. The third kappa shape index (κ3) is 2.86. The molecule has 1 aliphatic rings. The van der Waals surface area contributed by atoms with Crippen molar-refractivity contribution in [1.29, 1.82) is 0 Å². The number of rotatable bonds is 2. The van der Waals surface area contributed by atoms with Gasteiger partial charge >= 0.3 is 0 Å². The van der Waals surface area contributed by atoms with E-state index >= 15 is 0 Å². The van der Waals surface area contributed by atoms with Crippen LogP contribution in [0.4, 0.5) is 5.13 Å². The minimum Gasteiger partial charge on any atom is -0.375 e. The Kier molecular flexibility index (Phi) is 3.63. The lowest BCUT2D eigenvalue weighted by Gasteiger charge is -2.08. The largest absolute Gasteiger partial charge is 0.375 e. The van der Waals surface area contributed by atoms with Crippen molar-refractivity contribution in [2.45, 2.75) is 13.0 Å². The lowest BCUT2D eigenvalue weighted by molar-refractivity contribution is 0.102. The first-order valence-corrected chi connectivity index (χ1v) is 7.46. The van der Waals surface area contributed by atoms with Gasteiger partial charge in [0.25, 0.3) is 5.91 Å². The summed E-state index contributed by atoms with van der Waals surface area (Å²) in [6.07, 6.45) is 0.819. The normalized spacial score (nSPS) is 13.9. The van der Waals surface area contributed by atoms with Gasteiger partial charge in [-0.2, -0.15) is 0 Å². The van der Waals surface area contributed by atoms with Gasteiger partial charge in [-0.05, 0) is 24.3 Å². The number of fused-ring (bicyclic) bond motifs is 1. The van der Waals surface area contributed by atoms with Crippen LogP contribution in [0, 0.1) is 0 Å². The lowest BCUT2D eigenvalue weighted by atomic mass is 10.2. The summed E-state index contributed by atoms with van der Waals surface area (Å²) in [6.45, 7) is 1.30. The van der Waals surface area contributed by atoms with Gasteiger partial charge in [0.1, 0.15) is 0 Å². The molecule has 2 aromatic rings. The highest BCUT2D eigenvalue weighted by Gasteiger charge is 2.17. The van der Waals surface area contributed by atoms with E-state index in [1.807, 2.05) is 12.1 Å². The monoisotopic (exact) mass is 338 g/mol. The molecular weight excluding hydrogens is 328 g/mol. The Morgan fingerprint density at radius 2 is 2.16 bits per heavy atom. The number of carbonyl (C=O) groups excluding carboxylic acids is 1.